The minimum atomic E-state index is 0.100. The third-order valence-electron chi connectivity index (χ3n) is 4.19. The smallest absolute Gasteiger partial charge is 0.0417 e. The van der Waals surface area contributed by atoms with Crippen molar-refractivity contribution >= 4 is 27.5 Å². The van der Waals surface area contributed by atoms with Gasteiger partial charge in [0.05, 0.1) is 0 Å². The van der Waals surface area contributed by atoms with Gasteiger partial charge in [0.1, 0.15) is 0 Å². The zero-order valence-corrected chi connectivity index (χ0v) is 16.4. The van der Waals surface area contributed by atoms with Crippen molar-refractivity contribution < 1.29 is 0 Å². The van der Waals surface area contributed by atoms with Crippen LogP contribution in [0.5, 0.6) is 0 Å². The molecule has 0 fully saturated rings. The summed E-state index contributed by atoms with van der Waals surface area (Å²) in [6.45, 7) is 6.72. The normalized spacial score (nSPS) is 11.5. The predicted octanol–water partition coefficient (Wildman–Crippen LogP) is 7.73. The Morgan fingerprint density at radius 2 is 1.42 bits per heavy atom. The molecule has 0 saturated carbocycles. The molecule has 0 aliphatic carbocycles. The van der Waals surface area contributed by atoms with Crippen molar-refractivity contribution in [3.63, 3.8) is 0 Å². The summed E-state index contributed by atoms with van der Waals surface area (Å²) in [5.74, 6) is 0. The van der Waals surface area contributed by atoms with Crippen LogP contribution in [0.4, 0.5) is 0 Å². The molecule has 122 valence electrons. The highest BCUT2D eigenvalue weighted by Gasteiger charge is 2.18. The van der Waals surface area contributed by atoms with Gasteiger partial charge in [0.2, 0.25) is 0 Å². The molecule has 0 nitrogen and oxygen atoms in total. The van der Waals surface area contributed by atoms with Crippen LogP contribution in [0.2, 0.25) is 5.02 Å². The van der Waals surface area contributed by atoms with E-state index in [1.807, 2.05) is 18.2 Å². The number of benzene rings is 3. The minimum Gasteiger partial charge on any atom is -0.0843 e. The largest absolute Gasteiger partial charge is 0.0843 e. The quantitative estimate of drug-likeness (QED) is 0.413. The van der Waals surface area contributed by atoms with E-state index < -0.39 is 0 Å². The molecule has 3 aromatic rings. The van der Waals surface area contributed by atoms with Crippen LogP contribution in [-0.2, 0) is 5.41 Å². The summed E-state index contributed by atoms with van der Waals surface area (Å²) < 4.78 is 1.01. The Kier molecular flexibility index (Phi) is 4.85. The standard InChI is InChI=1S/C22H20BrCl/c1-22(2,3)16-9-11-18(15-7-5-4-6-8-15)20(13-16)19-12-10-17(24)14-21(19)23/h4-14H,1-3H3. The second-order valence-electron chi connectivity index (χ2n) is 7.00. The SMILES string of the molecule is CC(C)(C)c1ccc(-c2ccccc2)c(-c2ccc(Cl)cc2Br)c1. The lowest BCUT2D eigenvalue weighted by molar-refractivity contribution is 0.590. The van der Waals surface area contributed by atoms with E-state index in [0.717, 1.165) is 15.1 Å². The molecule has 24 heavy (non-hydrogen) atoms. The molecule has 0 atom stereocenters. The van der Waals surface area contributed by atoms with Crippen molar-refractivity contribution in [1.29, 1.82) is 0 Å². The number of hydrogen-bond acceptors (Lipinski definition) is 0. The molecule has 3 rings (SSSR count). The monoisotopic (exact) mass is 398 g/mol. The van der Waals surface area contributed by atoms with Crippen LogP contribution in [0.3, 0.4) is 0 Å². The highest BCUT2D eigenvalue weighted by atomic mass is 79.9. The van der Waals surface area contributed by atoms with Gasteiger partial charge in [-0.05, 0) is 51.4 Å². The van der Waals surface area contributed by atoms with Crippen LogP contribution in [0.25, 0.3) is 22.3 Å². The van der Waals surface area contributed by atoms with Gasteiger partial charge < -0.3 is 0 Å². The van der Waals surface area contributed by atoms with Gasteiger partial charge in [-0.25, -0.2) is 0 Å². The topological polar surface area (TPSA) is 0 Å². The first-order chi connectivity index (χ1) is 11.4. The Balaban J connectivity index is 2.27. The molecule has 0 aliphatic rings. The van der Waals surface area contributed by atoms with E-state index in [4.69, 9.17) is 11.6 Å². The lowest BCUT2D eigenvalue weighted by Gasteiger charge is -2.22. The van der Waals surface area contributed by atoms with E-state index in [-0.39, 0.29) is 5.41 Å². The fraction of sp³-hybridized carbons (Fsp3) is 0.182. The van der Waals surface area contributed by atoms with E-state index in [0.29, 0.717) is 0 Å². The van der Waals surface area contributed by atoms with Gasteiger partial charge in [0.25, 0.3) is 0 Å². The molecule has 0 heterocycles. The number of rotatable bonds is 2. The van der Waals surface area contributed by atoms with Gasteiger partial charge in [-0.15, -0.1) is 0 Å². The number of halogens is 2. The highest BCUT2D eigenvalue weighted by molar-refractivity contribution is 9.10. The fourth-order valence-electron chi connectivity index (χ4n) is 2.81. The third kappa shape index (κ3) is 3.58. The summed E-state index contributed by atoms with van der Waals surface area (Å²) in [6.07, 6.45) is 0. The summed E-state index contributed by atoms with van der Waals surface area (Å²) in [7, 11) is 0. The van der Waals surface area contributed by atoms with Crippen molar-refractivity contribution in [2.24, 2.45) is 0 Å². The fourth-order valence-corrected chi connectivity index (χ4v) is 3.71. The lowest BCUT2D eigenvalue weighted by atomic mass is 9.83. The van der Waals surface area contributed by atoms with Crippen molar-refractivity contribution in [2.75, 3.05) is 0 Å². The molecule has 0 N–H and O–H groups in total. The summed E-state index contributed by atoms with van der Waals surface area (Å²) in [4.78, 5) is 0. The van der Waals surface area contributed by atoms with E-state index in [9.17, 15) is 0 Å². The van der Waals surface area contributed by atoms with Crippen LogP contribution in [0.15, 0.2) is 71.2 Å². The van der Waals surface area contributed by atoms with E-state index in [1.54, 1.807) is 0 Å². The van der Waals surface area contributed by atoms with Crippen LogP contribution in [0, 0.1) is 0 Å². The Labute approximate surface area is 157 Å². The third-order valence-corrected chi connectivity index (χ3v) is 5.08. The molecule has 0 spiro atoms. The summed E-state index contributed by atoms with van der Waals surface area (Å²) in [5, 5.41) is 0.735. The van der Waals surface area contributed by atoms with Gasteiger partial charge in [-0.1, -0.05) is 96.8 Å². The van der Waals surface area contributed by atoms with Gasteiger partial charge in [-0.3, -0.25) is 0 Å². The molecule has 0 aliphatic heterocycles. The van der Waals surface area contributed by atoms with Crippen molar-refractivity contribution in [1.82, 2.24) is 0 Å². The first kappa shape index (κ1) is 17.3. The van der Waals surface area contributed by atoms with Crippen LogP contribution < -0.4 is 0 Å². The first-order valence-electron chi connectivity index (χ1n) is 8.01. The van der Waals surface area contributed by atoms with Gasteiger partial charge >= 0.3 is 0 Å². The predicted molar refractivity (Wildman–Crippen MR) is 109 cm³/mol. The van der Waals surface area contributed by atoms with Crippen molar-refractivity contribution in [2.45, 2.75) is 26.2 Å². The summed E-state index contributed by atoms with van der Waals surface area (Å²) in [6, 6.07) is 23.2. The van der Waals surface area contributed by atoms with Gasteiger partial charge in [0.15, 0.2) is 0 Å². The van der Waals surface area contributed by atoms with Crippen LogP contribution in [-0.4, -0.2) is 0 Å². The van der Waals surface area contributed by atoms with E-state index in [1.165, 1.54) is 22.3 Å². The van der Waals surface area contributed by atoms with E-state index >= 15 is 0 Å². The first-order valence-corrected chi connectivity index (χ1v) is 9.19. The molecule has 0 aromatic heterocycles. The highest BCUT2D eigenvalue weighted by Crippen LogP contribution is 2.39. The Hall–Kier alpha value is -1.57. The summed E-state index contributed by atoms with van der Waals surface area (Å²) in [5.41, 5.74) is 6.24. The average molecular weight is 400 g/mol. The molecule has 0 bridgehead atoms. The minimum absolute atomic E-state index is 0.100. The van der Waals surface area contributed by atoms with Crippen LogP contribution >= 0.6 is 27.5 Å². The summed E-state index contributed by atoms with van der Waals surface area (Å²) >= 11 is 9.82. The Morgan fingerprint density at radius 3 is 2.04 bits per heavy atom. The van der Waals surface area contributed by atoms with Gasteiger partial charge in [-0.2, -0.15) is 0 Å². The zero-order valence-electron chi connectivity index (χ0n) is 14.1. The average Bonchev–Trinajstić information content (AvgIpc) is 2.54. The van der Waals surface area contributed by atoms with Gasteiger partial charge in [0, 0.05) is 9.50 Å². The van der Waals surface area contributed by atoms with E-state index in [2.05, 4.69) is 85.2 Å². The molecular formula is C22H20BrCl. The maximum absolute atomic E-state index is 6.14. The maximum Gasteiger partial charge on any atom is 0.0417 e. The molecule has 0 unspecified atom stereocenters. The second-order valence-corrected chi connectivity index (χ2v) is 8.29. The second kappa shape index (κ2) is 6.74. The zero-order chi connectivity index (χ0) is 17.3. The van der Waals surface area contributed by atoms with Crippen molar-refractivity contribution in [3.8, 4) is 22.3 Å². The maximum atomic E-state index is 6.14. The molecule has 0 saturated heterocycles. The lowest BCUT2D eigenvalue weighted by Crippen LogP contribution is -2.11. The number of hydrogen-bond donors (Lipinski definition) is 0. The molecule has 0 radical (unpaired) electrons. The molecule has 0 amide bonds. The molecule has 2 heteroatoms. The molecular weight excluding hydrogens is 380 g/mol. The van der Waals surface area contributed by atoms with Crippen molar-refractivity contribution in [3.05, 3.63) is 81.8 Å². The Morgan fingerprint density at radius 1 is 0.750 bits per heavy atom. The molecule has 3 aromatic carbocycles. The Bertz CT molecular complexity index is 861. The van der Waals surface area contributed by atoms with Crippen LogP contribution in [0.1, 0.15) is 26.3 Å².